The van der Waals surface area contributed by atoms with E-state index in [0.29, 0.717) is 24.0 Å². The van der Waals surface area contributed by atoms with Crippen LogP contribution in [0.3, 0.4) is 0 Å². The molecule has 0 N–H and O–H groups in total. The molecule has 2 saturated carbocycles. The van der Waals surface area contributed by atoms with Crippen molar-refractivity contribution in [2.45, 2.75) is 122 Å². The maximum atomic E-state index is 6.55. The van der Waals surface area contributed by atoms with Gasteiger partial charge in [0.05, 0.1) is 18.5 Å². The molecule has 5 heteroatoms. The molecular weight excluding hydrogens is 363 g/mol. The van der Waals surface area contributed by atoms with Crippen LogP contribution in [0.5, 0.6) is 0 Å². The lowest BCUT2D eigenvalue weighted by molar-refractivity contribution is 0.0324. The first-order chi connectivity index (χ1) is 13.3. The summed E-state index contributed by atoms with van der Waals surface area (Å²) < 4.78 is 19.3. The second-order valence-electron chi connectivity index (χ2n) is 10.9. The summed E-state index contributed by atoms with van der Waals surface area (Å²) in [5, 5.41) is 0.232. The van der Waals surface area contributed by atoms with Gasteiger partial charge in [-0.05, 0) is 55.7 Å². The maximum Gasteiger partial charge on any atom is 0.461 e. The highest BCUT2D eigenvalue weighted by molar-refractivity contribution is 6.74. The molecule has 3 rings (SSSR count). The molecule has 3 fully saturated rings. The summed E-state index contributed by atoms with van der Waals surface area (Å²) in [6, 6.07) is 0. The van der Waals surface area contributed by atoms with Crippen LogP contribution in [0, 0.1) is 11.8 Å². The third-order valence-electron chi connectivity index (χ3n) is 7.76. The molecule has 0 amide bonds. The molecule has 2 aliphatic carbocycles. The van der Waals surface area contributed by atoms with Gasteiger partial charge in [-0.2, -0.15) is 0 Å². The first-order valence-corrected chi connectivity index (χ1v) is 14.8. The van der Waals surface area contributed by atoms with E-state index in [1.165, 1.54) is 64.2 Å². The lowest BCUT2D eigenvalue weighted by Crippen LogP contribution is -2.39. The number of hydrogen-bond acceptors (Lipinski definition) is 3. The number of rotatable bonds is 6. The van der Waals surface area contributed by atoms with Crippen LogP contribution in [-0.2, 0) is 13.7 Å². The highest BCUT2D eigenvalue weighted by atomic mass is 28.4. The predicted octanol–water partition coefficient (Wildman–Crippen LogP) is 6.95. The van der Waals surface area contributed by atoms with Crippen molar-refractivity contribution >= 4 is 15.4 Å². The van der Waals surface area contributed by atoms with Gasteiger partial charge >= 0.3 is 7.12 Å². The molecule has 28 heavy (non-hydrogen) atoms. The van der Waals surface area contributed by atoms with E-state index in [1.54, 1.807) is 0 Å². The molecule has 3 nitrogen and oxygen atoms in total. The summed E-state index contributed by atoms with van der Waals surface area (Å²) in [4.78, 5) is 0. The standard InChI is InChI=1S/C23H43BO3Si/c1-23(2,3)28(4,5)25-18-12-17-24-26-21(19-13-8-6-9-14-19)22(27-24)20-15-10-7-11-16-20/h12,18-22H,6-11,13-17H2,1-5H3/b18-12+/t21-,22-/m0/s1. The van der Waals surface area contributed by atoms with Crippen molar-refractivity contribution in [2.75, 3.05) is 0 Å². The molecule has 3 aliphatic rings. The minimum absolute atomic E-state index is 0.0851. The third kappa shape index (κ3) is 5.66. The zero-order chi connectivity index (χ0) is 20.2. The van der Waals surface area contributed by atoms with Gasteiger partial charge in [-0.15, -0.1) is 0 Å². The normalized spacial score (nSPS) is 29.0. The molecule has 0 aromatic rings. The van der Waals surface area contributed by atoms with E-state index in [2.05, 4.69) is 39.9 Å². The van der Waals surface area contributed by atoms with Crippen LogP contribution in [0.1, 0.15) is 85.0 Å². The molecule has 0 aromatic carbocycles. The quantitative estimate of drug-likeness (QED) is 0.353. The smallest absolute Gasteiger partial charge is 0.461 e. The topological polar surface area (TPSA) is 27.7 Å². The van der Waals surface area contributed by atoms with Gasteiger partial charge in [0, 0.05) is 6.32 Å². The summed E-state index contributed by atoms with van der Waals surface area (Å²) >= 11 is 0. The van der Waals surface area contributed by atoms with Crippen LogP contribution < -0.4 is 0 Å². The summed E-state index contributed by atoms with van der Waals surface area (Å²) in [6.07, 6.45) is 19.1. The van der Waals surface area contributed by atoms with Crippen molar-refractivity contribution in [1.82, 2.24) is 0 Å². The second-order valence-corrected chi connectivity index (χ2v) is 15.7. The Hall–Kier alpha value is -0.258. The summed E-state index contributed by atoms with van der Waals surface area (Å²) in [5.74, 6) is 1.41. The first-order valence-electron chi connectivity index (χ1n) is 11.9. The Balaban J connectivity index is 1.57. The van der Waals surface area contributed by atoms with Gasteiger partial charge in [0.2, 0.25) is 8.32 Å². The van der Waals surface area contributed by atoms with E-state index >= 15 is 0 Å². The lowest BCUT2D eigenvalue weighted by atomic mass is 9.77. The van der Waals surface area contributed by atoms with Gasteiger partial charge in [0.25, 0.3) is 0 Å². The van der Waals surface area contributed by atoms with Crippen LogP contribution >= 0.6 is 0 Å². The van der Waals surface area contributed by atoms with Crippen LogP contribution in [0.15, 0.2) is 12.3 Å². The molecule has 0 radical (unpaired) electrons. The molecule has 1 saturated heterocycles. The number of hydrogen-bond donors (Lipinski definition) is 0. The van der Waals surface area contributed by atoms with Gasteiger partial charge < -0.3 is 13.7 Å². The highest BCUT2D eigenvalue weighted by Crippen LogP contribution is 2.41. The van der Waals surface area contributed by atoms with E-state index < -0.39 is 8.32 Å². The van der Waals surface area contributed by atoms with E-state index in [-0.39, 0.29) is 12.2 Å². The zero-order valence-electron chi connectivity index (χ0n) is 19.0. The third-order valence-corrected chi connectivity index (χ3v) is 12.1. The fraction of sp³-hybridized carbons (Fsp3) is 0.913. The molecule has 2 atom stereocenters. The minimum atomic E-state index is -1.73. The second kappa shape index (κ2) is 9.70. The van der Waals surface area contributed by atoms with Crippen molar-refractivity contribution in [3.8, 4) is 0 Å². The number of allylic oxidation sites excluding steroid dienone is 1. The Bertz CT molecular complexity index is 478. The largest absolute Gasteiger partial charge is 0.549 e. The lowest BCUT2D eigenvalue weighted by Gasteiger charge is -2.35. The molecule has 160 valence electrons. The summed E-state index contributed by atoms with van der Waals surface area (Å²) in [6.45, 7) is 11.4. The van der Waals surface area contributed by atoms with Crippen molar-refractivity contribution < 1.29 is 13.7 Å². The molecule has 0 aromatic heterocycles. The van der Waals surface area contributed by atoms with E-state index in [9.17, 15) is 0 Å². The van der Waals surface area contributed by atoms with Crippen molar-refractivity contribution in [2.24, 2.45) is 11.8 Å². The Morgan fingerprint density at radius 1 is 0.857 bits per heavy atom. The van der Waals surface area contributed by atoms with Gasteiger partial charge in [0.1, 0.15) is 0 Å². The maximum absolute atomic E-state index is 6.55. The van der Waals surface area contributed by atoms with E-state index in [4.69, 9.17) is 13.7 Å². The van der Waals surface area contributed by atoms with Crippen LogP contribution in [0.2, 0.25) is 24.5 Å². The predicted molar refractivity (Wildman–Crippen MR) is 121 cm³/mol. The molecule has 0 spiro atoms. The van der Waals surface area contributed by atoms with Gasteiger partial charge in [-0.1, -0.05) is 65.4 Å². The van der Waals surface area contributed by atoms with E-state index in [0.717, 1.165) is 6.32 Å². The molecule has 1 aliphatic heterocycles. The highest BCUT2D eigenvalue weighted by Gasteiger charge is 2.46. The Labute approximate surface area is 175 Å². The van der Waals surface area contributed by atoms with Crippen LogP contribution in [0.4, 0.5) is 0 Å². The van der Waals surface area contributed by atoms with Gasteiger partial charge in [0.15, 0.2) is 0 Å². The molecule has 0 bridgehead atoms. The van der Waals surface area contributed by atoms with Crippen LogP contribution in [-0.4, -0.2) is 27.6 Å². The van der Waals surface area contributed by atoms with Gasteiger partial charge in [-0.3, -0.25) is 0 Å². The molecular formula is C23H43BO3Si. The average molecular weight is 406 g/mol. The van der Waals surface area contributed by atoms with Crippen molar-refractivity contribution in [1.29, 1.82) is 0 Å². The summed E-state index contributed by atoms with van der Waals surface area (Å²) in [5.41, 5.74) is 0. The summed E-state index contributed by atoms with van der Waals surface area (Å²) in [7, 11) is -1.82. The van der Waals surface area contributed by atoms with Crippen molar-refractivity contribution in [3.05, 3.63) is 12.3 Å². The Morgan fingerprint density at radius 2 is 1.32 bits per heavy atom. The Kier molecular flexibility index (Phi) is 7.77. The zero-order valence-corrected chi connectivity index (χ0v) is 20.0. The van der Waals surface area contributed by atoms with Crippen LogP contribution in [0.25, 0.3) is 0 Å². The fourth-order valence-corrected chi connectivity index (χ4v) is 5.68. The SMILES string of the molecule is CC(C)(C)[Si](C)(C)O/C=C/CB1O[C@@H](C2CCCCC2)[C@H](C2CCCCC2)O1. The Morgan fingerprint density at radius 3 is 1.75 bits per heavy atom. The average Bonchev–Trinajstić information content (AvgIpc) is 3.10. The van der Waals surface area contributed by atoms with E-state index in [1.807, 2.05) is 6.26 Å². The monoisotopic (exact) mass is 406 g/mol. The molecule has 0 unspecified atom stereocenters. The fourth-order valence-electron chi connectivity index (χ4n) is 4.89. The van der Waals surface area contributed by atoms with Gasteiger partial charge in [-0.25, -0.2) is 0 Å². The first kappa shape index (κ1) is 22.4. The van der Waals surface area contributed by atoms with Crippen molar-refractivity contribution in [3.63, 3.8) is 0 Å². The minimum Gasteiger partial charge on any atom is -0.549 e. The molecule has 1 heterocycles.